The van der Waals surface area contributed by atoms with Crippen LogP contribution in [0.2, 0.25) is 0 Å². The lowest BCUT2D eigenvalue weighted by molar-refractivity contribution is -0.00539. The van der Waals surface area contributed by atoms with E-state index >= 15 is 0 Å². The molecule has 1 amide bonds. The molecular formula is C19H25FN4O3. The Morgan fingerprint density at radius 1 is 1.37 bits per heavy atom. The summed E-state index contributed by atoms with van der Waals surface area (Å²) in [6.07, 6.45) is 0.117. The van der Waals surface area contributed by atoms with Crippen LogP contribution in [0.4, 0.5) is 10.1 Å². The molecular weight excluding hydrogens is 351 g/mol. The van der Waals surface area contributed by atoms with Crippen LogP contribution in [0.5, 0.6) is 5.88 Å². The minimum absolute atomic E-state index is 0.0584. The highest BCUT2D eigenvalue weighted by molar-refractivity contribution is 5.92. The molecule has 0 saturated carbocycles. The third kappa shape index (κ3) is 4.77. The number of carbonyl (C=O) groups excluding carboxylic acids is 1. The molecule has 1 aliphatic rings. The van der Waals surface area contributed by atoms with Gasteiger partial charge in [0, 0.05) is 25.7 Å². The van der Waals surface area contributed by atoms with E-state index in [2.05, 4.69) is 15.5 Å². The maximum atomic E-state index is 14.6. The predicted octanol–water partition coefficient (Wildman–Crippen LogP) is 2.49. The van der Waals surface area contributed by atoms with Crippen molar-refractivity contribution < 1.29 is 18.7 Å². The highest BCUT2D eigenvalue weighted by atomic mass is 19.1. The summed E-state index contributed by atoms with van der Waals surface area (Å²) in [4.78, 5) is 14.1. The number of amides is 1. The number of hydrogen-bond donors (Lipinski definition) is 2. The molecule has 2 atom stereocenters. The van der Waals surface area contributed by atoms with Crippen LogP contribution >= 0.6 is 0 Å². The molecule has 0 spiro atoms. The van der Waals surface area contributed by atoms with Gasteiger partial charge in [-0.3, -0.25) is 9.89 Å². The van der Waals surface area contributed by atoms with Crippen molar-refractivity contribution in [2.75, 3.05) is 24.6 Å². The summed E-state index contributed by atoms with van der Waals surface area (Å²) in [5.41, 5.74) is 1.54. The zero-order valence-electron chi connectivity index (χ0n) is 15.8. The third-order valence-corrected chi connectivity index (χ3v) is 4.32. The monoisotopic (exact) mass is 376 g/mol. The highest BCUT2D eigenvalue weighted by Gasteiger charge is 2.24. The lowest BCUT2D eigenvalue weighted by Crippen LogP contribution is -2.45. The number of hydrogen-bond acceptors (Lipinski definition) is 5. The average Bonchev–Trinajstić information content (AvgIpc) is 3.08. The van der Waals surface area contributed by atoms with Crippen LogP contribution in [0.25, 0.3) is 0 Å². The number of ether oxygens (including phenoxy) is 2. The van der Waals surface area contributed by atoms with E-state index in [1.807, 2.05) is 31.7 Å². The van der Waals surface area contributed by atoms with E-state index in [1.165, 1.54) is 12.1 Å². The number of halogens is 1. The van der Waals surface area contributed by atoms with Crippen LogP contribution < -0.4 is 15.0 Å². The fourth-order valence-corrected chi connectivity index (χ4v) is 3.21. The van der Waals surface area contributed by atoms with Crippen LogP contribution in [-0.4, -0.2) is 48.0 Å². The topological polar surface area (TPSA) is 79.5 Å². The molecule has 3 rings (SSSR count). The number of morpholine rings is 1. The maximum absolute atomic E-state index is 14.6. The van der Waals surface area contributed by atoms with Crippen LogP contribution in [0, 0.1) is 5.82 Å². The maximum Gasteiger partial charge on any atom is 0.269 e. The Kier molecular flexibility index (Phi) is 5.95. The molecule has 2 heterocycles. The summed E-state index contributed by atoms with van der Waals surface area (Å²) in [5.74, 6) is -0.260. The number of carbonyl (C=O) groups is 1. The number of nitrogens with one attached hydrogen (secondary N) is 2. The number of benzene rings is 1. The number of aromatic nitrogens is 2. The van der Waals surface area contributed by atoms with Gasteiger partial charge in [-0.15, -0.1) is 5.10 Å². The normalized spacial score (nSPS) is 19.8. The minimum Gasteiger partial charge on any atom is -0.477 e. The molecule has 27 heavy (non-hydrogen) atoms. The fraction of sp³-hybridized carbons (Fsp3) is 0.474. The number of nitrogens with zero attached hydrogens (tertiary/aromatic N) is 2. The van der Waals surface area contributed by atoms with Gasteiger partial charge in [0.05, 0.1) is 24.5 Å². The Morgan fingerprint density at radius 3 is 2.78 bits per heavy atom. The average molecular weight is 376 g/mol. The Morgan fingerprint density at radius 2 is 2.11 bits per heavy atom. The van der Waals surface area contributed by atoms with Crippen LogP contribution in [-0.2, 0) is 11.3 Å². The van der Waals surface area contributed by atoms with Gasteiger partial charge in [0.1, 0.15) is 11.5 Å². The van der Waals surface area contributed by atoms with Crippen LogP contribution in [0.1, 0.15) is 36.8 Å². The van der Waals surface area contributed by atoms with Gasteiger partial charge in [-0.25, -0.2) is 4.39 Å². The van der Waals surface area contributed by atoms with E-state index in [-0.39, 0.29) is 30.5 Å². The van der Waals surface area contributed by atoms with E-state index < -0.39 is 0 Å². The van der Waals surface area contributed by atoms with Gasteiger partial charge in [0.15, 0.2) is 0 Å². The molecule has 1 saturated heterocycles. The van der Waals surface area contributed by atoms with Crippen molar-refractivity contribution in [1.29, 1.82) is 0 Å². The molecule has 0 aliphatic carbocycles. The Labute approximate surface area is 157 Å². The molecule has 1 aromatic carbocycles. The van der Waals surface area contributed by atoms with E-state index in [0.717, 1.165) is 0 Å². The molecule has 2 unspecified atom stereocenters. The summed E-state index contributed by atoms with van der Waals surface area (Å²) in [6.45, 7) is 7.80. The van der Waals surface area contributed by atoms with Gasteiger partial charge in [0.25, 0.3) is 5.91 Å². The smallest absolute Gasteiger partial charge is 0.269 e. The van der Waals surface area contributed by atoms with Crippen molar-refractivity contribution in [2.45, 2.75) is 39.5 Å². The minimum atomic E-state index is -0.325. The quantitative estimate of drug-likeness (QED) is 0.810. The molecule has 0 radical (unpaired) electrons. The van der Waals surface area contributed by atoms with Crippen molar-refractivity contribution in [2.24, 2.45) is 0 Å². The van der Waals surface area contributed by atoms with Crippen molar-refractivity contribution >= 4 is 11.6 Å². The summed E-state index contributed by atoms with van der Waals surface area (Å²) >= 11 is 0. The molecule has 146 valence electrons. The molecule has 2 N–H and O–H groups in total. The fourth-order valence-electron chi connectivity index (χ4n) is 3.21. The first kappa shape index (κ1) is 19.2. The van der Waals surface area contributed by atoms with Gasteiger partial charge < -0.3 is 19.7 Å². The summed E-state index contributed by atoms with van der Waals surface area (Å²) in [6, 6.07) is 6.56. The third-order valence-electron chi connectivity index (χ3n) is 4.32. The van der Waals surface area contributed by atoms with E-state index in [9.17, 15) is 9.18 Å². The van der Waals surface area contributed by atoms with E-state index in [0.29, 0.717) is 42.5 Å². The van der Waals surface area contributed by atoms with Crippen molar-refractivity contribution in [3.8, 4) is 5.88 Å². The SMILES string of the molecule is CCOc1cc(C(=O)NCc2ccc(N3CC(C)OC(C)C3)c(F)c2)[nH]n1. The molecule has 0 bridgehead atoms. The van der Waals surface area contributed by atoms with Gasteiger partial charge in [-0.2, -0.15) is 0 Å². The van der Waals surface area contributed by atoms with Gasteiger partial charge >= 0.3 is 0 Å². The van der Waals surface area contributed by atoms with Crippen LogP contribution in [0.3, 0.4) is 0 Å². The summed E-state index contributed by atoms with van der Waals surface area (Å²) < 4.78 is 25.5. The van der Waals surface area contributed by atoms with Crippen LogP contribution in [0.15, 0.2) is 24.3 Å². The number of aromatic amines is 1. The van der Waals surface area contributed by atoms with Gasteiger partial charge in [-0.05, 0) is 38.5 Å². The lowest BCUT2D eigenvalue weighted by Gasteiger charge is -2.37. The largest absolute Gasteiger partial charge is 0.477 e. The van der Waals surface area contributed by atoms with Crippen molar-refractivity contribution in [3.63, 3.8) is 0 Å². The molecule has 1 fully saturated rings. The summed E-state index contributed by atoms with van der Waals surface area (Å²) in [5, 5.41) is 9.25. The van der Waals surface area contributed by atoms with Crippen molar-refractivity contribution in [3.05, 3.63) is 41.3 Å². The number of rotatable bonds is 6. The Balaban J connectivity index is 1.61. The summed E-state index contributed by atoms with van der Waals surface area (Å²) in [7, 11) is 0. The second-order valence-corrected chi connectivity index (χ2v) is 6.68. The zero-order valence-corrected chi connectivity index (χ0v) is 15.8. The van der Waals surface area contributed by atoms with Gasteiger partial charge in [0.2, 0.25) is 5.88 Å². The first-order valence-corrected chi connectivity index (χ1v) is 9.11. The molecule has 7 nitrogen and oxygen atoms in total. The molecule has 1 aromatic heterocycles. The predicted molar refractivity (Wildman–Crippen MR) is 99.5 cm³/mol. The zero-order chi connectivity index (χ0) is 19.4. The Hall–Kier alpha value is -2.61. The first-order chi connectivity index (χ1) is 13.0. The lowest BCUT2D eigenvalue weighted by atomic mass is 10.1. The standard InChI is InChI=1S/C19H25FN4O3/c1-4-26-18-8-16(22-23-18)19(25)21-9-14-5-6-17(15(20)7-14)24-10-12(2)27-13(3)11-24/h5-8,12-13H,4,9-11H2,1-3H3,(H,21,25)(H,22,23). The second kappa shape index (κ2) is 8.39. The highest BCUT2D eigenvalue weighted by Crippen LogP contribution is 2.24. The first-order valence-electron chi connectivity index (χ1n) is 9.11. The van der Waals surface area contributed by atoms with Gasteiger partial charge in [-0.1, -0.05) is 6.07 Å². The Bertz CT molecular complexity index is 785. The second-order valence-electron chi connectivity index (χ2n) is 6.68. The van der Waals surface area contributed by atoms with E-state index in [1.54, 1.807) is 6.07 Å². The number of H-pyrrole nitrogens is 1. The molecule has 8 heteroatoms. The molecule has 2 aromatic rings. The number of anilines is 1. The molecule has 1 aliphatic heterocycles. The van der Waals surface area contributed by atoms with Crippen molar-refractivity contribution in [1.82, 2.24) is 15.5 Å². The van der Waals surface area contributed by atoms with E-state index in [4.69, 9.17) is 9.47 Å².